The monoisotopic (exact) mass is 584 g/mol. The molecule has 2 unspecified atom stereocenters. The number of amides is 2. The molecule has 216 valence electrons. The van der Waals surface area contributed by atoms with Gasteiger partial charge in [-0.3, -0.25) is 9.59 Å². The third-order valence-corrected chi connectivity index (χ3v) is 7.87. The van der Waals surface area contributed by atoms with Crippen LogP contribution in [0.1, 0.15) is 33.5 Å². The molecule has 0 aliphatic carbocycles. The number of phenolic OH excluding ortho intramolecular Hbond substituents is 1. The van der Waals surface area contributed by atoms with Crippen molar-refractivity contribution in [2.45, 2.75) is 31.2 Å². The van der Waals surface area contributed by atoms with Crippen LogP contribution in [-0.4, -0.2) is 40.4 Å². The van der Waals surface area contributed by atoms with Crippen molar-refractivity contribution in [3.63, 3.8) is 0 Å². The van der Waals surface area contributed by atoms with E-state index in [0.29, 0.717) is 30.4 Å². The number of rotatable bonds is 14. The van der Waals surface area contributed by atoms with Gasteiger partial charge in [-0.15, -0.1) is 0 Å². The van der Waals surface area contributed by atoms with Gasteiger partial charge in [-0.25, -0.2) is 4.79 Å². The van der Waals surface area contributed by atoms with Gasteiger partial charge in [0, 0.05) is 18.4 Å². The van der Waals surface area contributed by atoms with Gasteiger partial charge in [0.25, 0.3) is 5.91 Å². The second-order valence-corrected chi connectivity index (χ2v) is 11.0. The molecule has 0 heterocycles. The molecule has 0 aromatic heterocycles. The number of hydrogen-bond donors (Lipinski definition) is 4. The molecule has 0 bridgehead atoms. The van der Waals surface area contributed by atoms with Gasteiger partial charge in [0.05, 0.1) is 12.3 Å². The first-order valence-corrected chi connectivity index (χ1v) is 14.9. The number of ether oxygens (including phenoxy) is 1. The molecule has 0 aliphatic heterocycles. The van der Waals surface area contributed by atoms with E-state index in [1.54, 1.807) is 30.3 Å². The molecule has 4 rings (SSSR count). The average Bonchev–Trinajstić information content (AvgIpc) is 3.00. The Bertz CT molecular complexity index is 1480. The Morgan fingerprint density at radius 3 is 2.10 bits per heavy atom. The molecule has 2 amide bonds. The van der Waals surface area contributed by atoms with Crippen molar-refractivity contribution in [1.82, 2.24) is 5.32 Å². The predicted molar refractivity (Wildman–Crippen MR) is 164 cm³/mol. The molecule has 8 nitrogen and oxygen atoms in total. The van der Waals surface area contributed by atoms with Crippen LogP contribution in [0.2, 0.25) is 0 Å². The fraction of sp³-hybridized carbons (Fsp3) is 0.182. The number of benzene rings is 4. The van der Waals surface area contributed by atoms with E-state index in [9.17, 15) is 24.6 Å². The molecular weight excluding hydrogens is 551 g/mol. The topological polar surface area (TPSA) is 125 Å². The van der Waals surface area contributed by atoms with Crippen molar-refractivity contribution in [2.24, 2.45) is 0 Å². The Hall–Kier alpha value is -4.68. The molecule has 0 saturated carbocycles. The van der Waals surface area contributed by atoms with Crippen LogP contribution in [-0.2, 0) is 28.6 Å². The molecule has 42 heavy (non-hydrogen) atoms. The Morgan fingerprint density at radius 1 is 0.786 bits per heavy atom. The Balaban J connectivity index is 1.45. The molecule has 2 atom stereocenters. The summed E-state index contributed by atoms with van der Waals surface area (Å²) in [5, 5.41) is 24.7. The van der Waals surface area contributed by atoms with E-state index < -0.39 is 17.7 Å². The van der Waals surface area contributed by atoms with E-state index in [-0.39, 0.29) is 38.8 Å². The molecule has 0 fully saturated rings. The van der Waals surface area contributed by atoms with Crippen LogP contribution in [0.25, 0.3) is 0 Å². The van der Waals surface area contributed by atoms with E-state index in [1.165, 1.54) is 12.1 Å². The van der Waals surface area contributed by atoms with Gasteiger partial charge in [0.1, 0.15) is 17.3 Å². The molecule has 4 N–H and O–H groups in total. The van der Waals surface area contributed by atoms with E-state index in [1.807, 2.05) is 60.7 Å². The largest absolute Gasteiger partial charge is 0.508 e. The summed E-state index contributed by atoms with van der Waals surface area (Å²) in [6, 6.07) is 30.6. The van der Waals surface area contributed by atoms with Crippen LogP contribution < -0.4 is 15.4 Å². The maximum Gasteiger partial charge on any atom is 0.330 e. The summed E-state index contributed by atoms with van der Waals surface area (Å²) in [4.78, 5) is 37.8. The number of carbonyl (C=O) groups is 3. The quantitative estimate of drug-likeness (QED) is 0.143. The summed E-state index contributed by atoms with van der Waals surface area (Å²) in [5.74, 6) is -2.43. The summed E-state index contributed by atoms with van der Waals surface area (Å²) < 4.78 is 6.01. The van der Waals surface area contributed by atoms with Gasteiger partial charge in [-0.1, -0.05) is 81.4 Å². The van der Waals surface area contributed by atoms with E-state index >= 15 is 0 Å². The lowest BCUT2D eigenvalue weighted by Gasteiger charge is -2.17. The Kier molecular flexibility index (Phi) is 11.1. The van der Waals surface area contributed by atoms with Crippen LogP contribution in [0.4, 0.5) is 5.69 Å². The fourth-order valence-electron chi connectivity index (χ4n) is 4.17. The molecule has 0 radical (unpaired) electrons. The number of carboxylic acids is 1. The first kappa shape index (κ1) is 30.3. The van der Waals surface area contributed by atoms with E-state index in [4.69, 9.17) is 4.74 Å². The van der Waals surface area contributed by atoms with Crippen molar-refractivity contribution in [2.75, 3.05) is 11.9 Å². The molecule has 0 spiro atoms. The number of carboxylic acid groups (broad SMARTS) is 1. The highest BCUT2D eigenvalue weighted by atomic mass is 31.1. The first-order valence-electron chi connectivity index (χ1n) is 13.6. The van der Waals surface area contributed by atoms with Crippen LogP contribution in [0, 0.1) is 0 Å². The number of hydrogen-bond acceptors (Lipinski definition) is 5. The van der Waals surface area contributed by atoms with E-state index in [0.717, 1.165) is 16.7 Å². The maximum absolute atomic E-state index is 13.1. The number of aromatic hydroxyl groups is 1. The zero-order valence-corrected chi connectivity index (χ0v) is 24.0. The standard InChI is InChI=1S/C33H33N2O6P/c36-27-15-11-24(12-16-27)19-20-41-29-21-26(14-17-28(29)34-30(37)18-13-23-7-3-1-4-8-23)31(38)35-32(33(39)40)42-22-25-9-5-2-6-10-25/h1-12,14-17,21,32,36,42H,13,18-20,22H2,(H,34,37)(H,35,38)(H,39,40). The summed E-state index contributed by atoms with van der Waals surface area (Å²) in [7, 11) is -0.0563. The first-order chi connectivity index (χ1) is 20.4. The number of nitrogens with one attached hydrogen (secondary N) is 2. The van der Waals surface area contributed by atoms with Crippen molar-refractivity contribution in [3.8, 4) is 11.5 Å². The van der Waals surface area contributed by atoms with Crippen molar-refractivity contribution >= 4 is 32.1 Å². The zero-order valence-electron chi connectivity index (χ0n) is 23.0. The summed E-state index contributed by atoms with van der Waals surface area (Å²) in [6.45, 7) is 0.249. The fourth-order valence-corrected chi connectivity index (χ4v) is 5.26. The van der Waals surface area contributed by atoms with Crippen molar-refractivity contribution in [1.29, 1.82) is 0 Å². The van der Waals surface area contributed by atoms with Gasteiger partial charge in [-0.05, 0) is 59.6 Å². The number of anilines is 1. The molecule has 4 aromatic rings. The number of carbonyl (C=O) groups excluding carboxylic acids is 2. The molecule has 0 aliphatic rings. The van der Waals surface area contributed by atoms with Crippen LogP contribution in [0.5, 0.6) is 11.5 Å². The smallest absolute Gasteiger partial charge is 0.330 e. The lowest BCUT2D eigenvalue weighted by atomic mass is 10.1. The molecule has 0 saturated heterocycles. The highest BCUT2D eigenvalue weighted by molar-refractivity contribution is 7.39. The lowest BCUT2D eigenvalue weighted by Crippen LogP contribution is -2.37. The van der Waals surface area contributed by atoms with Crippen LogP contribution >= 0.6 is 8.58 Å². The van der Waals surface area contributed by atoms with Crippen LogP contribution in [0.3, 0.4) is 0 Å². The highest BCUT2D eigenvalue weighted by Gasteiger charge is 2.22. The Morgan fingerprint density at radius 2 is 1.43 bits per heavy atom. The number of aryl methyl sites for hydroxylation is 1. The second kappa shape index (κ2) is 15.4. The number of aliphatic carboxylic acids is 1. The van der Waals surface area contributed by atoms with Gasteiger partial charge < -0.3 is 25.6 Å². The van der Waals surface area contributed by atoms with Gasteiger partial charge >= 0.3 is 5.97 Å². The maximum atomic E-state index is 13.1. The lowest BCUT2D eigenvalue weighted by molar-refractivity contribution is -0.136. The minimum absolute atomic E-state index is 0.0563. The van der Waals surface area contributed by atoms with Crippen LogP contribution in [0.15, 0.2) is 103 Å². The van der Waals surface area contributed by atoms with E-state index in [2.05, 4.69) is 10.6 Å². The SMILES string of the molecule is O=C(CCc1ccccc1)Nc1ccc(C(=O)NC(PCc2ccccc2)C(=O)O)cc1OCCc1ccc(O)cc1. The molecular formula is C33H33N2O6P. The normalized spacial score (nSPS) is 11.6. The Labute approximate surface area is 246 Å². The van der Waals surface area contributed by atoms with Crippen molar-refractivity contribution < 1.29 is 29.3 Å². The third-order valence-electron chi connectivity index (χ3n) is 6.46. The van der Waals surface area contributed by atoms with Gasteiger partial charge in [0.15, 0.2) is 0 Å². The summed E-state index contributed by atoms with van der Waals surface area (Å²) >= 11 is 0. The minimum atomic E-state index is -1.11. The molecule has 4 aromatic carbocycles. The second-order valence-electron chi connectivity index (χ2n) is 9.62. The summed E-state index contributed by atoms with van der Waals surface area (Å²) in [5.41, 5.74) is 3.61. The third kappa shape index (κ3) is 9.46. The minimum Gasteiger partial charge on any atom is -0.508 e. The number of phenols is 1. The van der Waals surface area contributed by atoms with Gasteiger partial charge in [-0.2, -0.15) is 0 Å². The van der Waals surface area contributed by atoms with Gasteiger partial charge in [0.2, 0.25) is 5.91 Å². The average molecular weight is 585 g/mol. The summed E-state index contributed by atoms with van der Waals surface area (Å²) in [6.07, 6.45) is 1.89. The zero-order chi connectivity index (χ0) is 29.7. The van der Waals surface area contributed by atoms with Crippen molar-refractivity contribution in [3.05, 3.63) is 125 Å². The predicted octanol–water partition coefficient (Wildman–Crippen LogP) is 5.60. The molecule has 9 heteroatoms. The highest BCUT2D eigenvalue weighted by Crippen LogP contribution is 2.28.